The number of carbonyl (C=O) groups excluding carboxylic acids is 1. The molecule has 4 aromatic rings. The highest BCUT2D eigenvalue weighted by atomic mass is 16.5. The summed E-state index contributed by atoms with van der Waals surface area (Å²) in [5.41, 5.74) is 2.93. The van der Waals surface area contributed by atoms with E-state index in [0.29, 0.717) is 18.1 Å². The molecule has 3 heterocycles. The summed E-state index contributed by atoms with van der Waals surface area (Å²) in [6.45, 7) is 0.240. The molecule has 28 heavy (non-hydrogen) atoms. The number of furan rings is 1. The van der Waals surface area contributed by atoms with Gasteiger partial charge in [-0.15, -0.1) is 10.2 Å². The van der Waals surface area contributed by atoms with Gasteiger partial charge in [-0.3, -0.25) is 9.20 Å². The molecule has 7 heteroatoms. The molecule has 3 aromatic heterocycles. The van der Waals surface area contributed by atoms with Crippen LogP contribution in [0.25, 0.3) is 16.6 Å². The molecule has 0 saturated carbocycles. The van der Waals surface area contributed by atoms with Crippen LogP contribution in [0.4, 0.5) is 0 Å². The Hall–Kier alpha value is -3.35. The number of benzene rings is 1. The summed E-state index contributed by atoms with van der Waals surface area (Å²) in [5, 5.41) is 12.1. The highest BCUT2D eigenvalue weighted by Crippen LogP contribution is 2.33. The summed E-state index contributed by atoms with van der Waals surface area (Å²) in [7, 11) is 0. The second kappa shape index (κ2) is 6.99. The van der Waals surface area contributed by atoms with Crippen molar-refractivity contribution in [1.29, 1.82) is 0 Å². The Morgan fingerprint density at radius 2 is 2.11 bits per heavy atom. The molecule has 7 nitrogen and oxygen atoms in total. The summed E-state index contributed by atoms with van der Waals surface area (Å²) >= 11 is 0. The minimum Gasteiger partial charge on any atom is -0.484 e. The van der Waals surface area contributed by atoms with Crippen LogP contribution in [0.5, 0.6) is 5.75 Å². The lowest BCUT2D eigenvalue weighted by atomic mass is 9.96. The first-order valence-corrected chi connectivity index (χ1v) is 9.50. The van der Waals surface area contributed by atoms with Crippen molar-refractivity contribution in [3.05, 3.63) is 59.7 Å². The molecule has 142 valence electrons. The van der Waals surface area contributed by atoms with Crippen LogP contribution in [0.2, 0.25) is 0 Å². The number of hydrogen-bond acceptors (Lipinski definition) is 5. The van der Waals surface area contributed by atoms with E-state index in [-0.39, 0.29) is 12.5 Å². The van der Waals surface area contributed by atoms with Gasteiger partial charge in [-0.1, -0.05) is 6.07 Å². The number of carbonyl (C=O) groups is 1. The number of nitrogens with zero attached hydrogens (tertiary/aromatic N) is 3. The predicted molar refractivity (Wildman–Crippen MR) is 103 cm³/mol. The summed E-state index contributed by atoms with van der Waals surface area (Å²) in [5.74, 6) is 2.24. The van der Waals surface area contributed by atoms with Crippen molar-refractivity contribution < 1.29 is 13.9 Å². The summed E-state index contributed by atoms with van der Waals surface area (Å²) in [6, 6.07) is 11.4. The van der Waals surface area contributed by atoms with Crippen molar-refractivity contribution in [3.8, 4) is 5.75 Å². The van der Waals surface area contributed by atoms with Crippen LogP contribution in [-0.2, 0) is 24.2 Å². The van der Waals surface area contributed by atoms with E-state index in [9.17, 15) is 4.79 Å². The number of amides is 1. The van der Waals surface area contributed by atoms with Crippen LogP contribution < -0.4 is 10.1 Å². The van der Waals surface area contributed by atoms with Gasteiger partial charge in [-0.2, -0.15) is 0 Å². The molecule has 0 atom stereocenters. The molecular formula is C21H20N4O3. The van der Waals surface area contributed by atoms with Crippen molar-refractivity contribution in [1.82, 2.24) is 19.9 Å². The summed E-state index contributed by atoms with van der Waals surface area (Å²) in [4.78, 5) is 12.2. The zero-order valence-electron chi connectivity index (χ0n) is 15.4. The zero-order chi connectivity index (χ0) is 18.9. The number of hydrogen-bond donors (Lipinski definition) is 1. The van der Waals surface area contributed by atoms with Gasteiger partial charge in [0.25, 0.3) is 5.91 Å². The van der Waals surface area contributed by atoms with Gasteiger partial charge in [-0.25, -0.2) is 0 Å². The van der Waals surface area contributed by atoms with Gasteiger partial charge >= 0.3 is 0 Å². The van der Waals surface area contributed by atoms with Gasteiger partial charge in [0, 0.05) is 23.6 Å². The first-order valence-electron chi connectivity index (χ1n) is 9.50. The normalized spacial score (nSPS) is 13.6. The predicted octanol–water partition coefficient (Wildman–Crippen LogP) is 3.05. The SMILES string of the molecule is O=C(COc1ccc2oc3c(c2c1)CCCC3)NCc1nnc2ccccn12. The van der Waals surface area contributed by atoms with Gasteiger partial charge in [0.2, 0.25) is 0 Å². The molecule has 0 bridgehead atoms. The number of ether oxygens (including phenoxy) is 1. The maximum absolute atomic E-state index is 12.2. The molecule has 5 rings (SSSR count). The molecular weight excluding hydrogens is 356 g/mol. The monoisotopic (exact) mass is 376 g/mol. The van der Waals surface area contributed by atoms with Crippen LogP contribution in [0.15, 0.2) is 47.0 Å². The molecule has 0 radical (unpaired) electrons. The molecule has 1 aromatic carbocycles. The van der Waals surface area contributed by atoms with E-state index < -0.39 is 0 Å². The molecule has 0 spiro atoms. The number of aromatic nitrogens is 3. The van der Waals surface area contributed by atoms with Crippen molar-refractivity contribution in [3.63, 3.8) is 0 Å². The van der Waals surface area contributed by atoms with E-state index in [1.807, 2.05) is 47.0 Å². The average Bonchev–Trinajstić information content (AvgIpc) is 3.31. The summed E-state index contributed by atoms with van der Waals surface area (Å²) < 4.78 is 13.5. The van der Waals surface area contributed by atoms with Gasteiger partial charge in [0.1, 0.15) is 17.1 Å². The minimum atomic E-state index is -0.206. The Morgan fingerprint density at radius 1 is 1.18 bits per heavy atom. The first-order chi connectivity index (χ1) is 13.8. The second-order valence-electron chi connectivity index (χ2n) is 6.98. The molecule has 1 aliphatic rings. The van der Waals surface area contributed by atoms with Gasteiger partial charge in [0.15, 0.2) is 18.1 Å². The molecule has 0 saturated heterocycles. The van der Waals surface area contributed by atoms with Crippen LogP contribution in [-0.4, -0.2) is 27.1 Å². The lowest BCUT2D eigenvalue weighted by Gasteiger charge is -2.09. The maximum Gasteiger partial charge on any atom is 0.258 e. The lowest BCUT2D eigenvalue weighted by Crippen LogP contribution is -2.29. The average molecular weight is 376 g/mol. The number of aryl methyl sites for hydroxylation is 2. The molecule has 1 amide bonds. The smallest absolute Gasteiger partial charge is 0.258 e. The van der Waals surface area contributed by atoms with E-state index in [2.05, 4.69) is 15.5 Å². The Kier molecular flexibility index (Phi) is 4.20. The van der Waals surface area contributed by atoms with Crippen LogP contribution in [0.3, 0.4) is 0 Å². The van der Waals surface area contributed by atoms with E-state index in [4.69, 9.17) is 9.15 Å². The Labute approximate surface area is 161 Å². The quantitative estimate of drug-likeness (QED) is 0.579. The highest BCUT2D eigenvalue weighted by molar-refractivity contribution is 5.84. The standard InChI is InChI=1S/C21H20N4O3/c26-21(22-12-20-24-23-19-7-3-4-10-25(19)20)13-27-14-8-9-18-16(11-14)15-5-1-2-6-17(15)28-18/h3-4,7-11H,1-2,5-6,12-13H2,(H,22,26). The molecule has 0 aliphatic heterocycles. The molecule has 1 N–H and O–H groups in total. The third-order valence-corrected chi connectivity index (χ3v) is 5.12. The van der Waals surface area contributed by atoms with Crippen molar-refractivity contribution in [2.75, 3.05) is 6.61 Å². The van der Waals surface area contributed by atoms with Gasteiger partial charge < -0.3 is 14.5 Å². The van der Waals surface area contributed by atoms with E-state index in [0.717, 1.165) is 35.2 Å². The topological polar surface area (TPSA) is 81.7 Å². The minimum absolute atomic E-state index is 0.0533. The van der Waals surface area contributed by atoms with Gasteiger partial charge in [-0.05, 0) is 49.6 Å². The van der Waals surface area contributed by atoms with Gasteiger partial charge in [0.05, 0.1) is 6.54 Å². The molecule has 0 unspecified atom stereocenters. The fraction of sp³-hybridized carbons (Fsp3) is 0.286. The van der Waals surface area contributed by atoms with E-state index >= 15 is 0 Å². The number of fused-ring (bicyclic) bond motifs is 4. The number of rotatable bonds is 5. The lowest BCUT2D eigenvalue weighted by molar-refractivity contribution is -0.123. The van der Waals surface area contributed by atoms with Crippen molar-refractivity contribution in [2.45, 2.75) is 32.2 Å². The third kappa shape index (κ3) is 3.09. The zero-order valence-corrected chi connectivity index (χ0v) is 15.4. The highest BCUT2D eigenvalue weighted by Gasteiger charge is 2.18. The van der Waals surface area contributed by atoms with E-state index in [1.165, 1.54) is 18.4 Å². The molecule has 0 fully saturated rings. The Balaban J connectivity index is 1.22. The Bertz CT molecular complexity index is 1160. The molecule has 1 aliphatic carbocycles. The Morgan fingerprint density at radius 3 is 3.07 bits per heavy atom. The number of nitrogens with one attached hydrogen (secondary N) is 1. The van der Waals surface area contributed by atoms with Crippen LogP contribution in [0.1, 0.15) is 30.0 Å². The maximum atomic E-state index is 12.2. The van der Waals surface area contributed by atoms with Crippen LogP contribution in [0, 0.1) is 0 Å². The van der Waals surface area contributed by atoms with Crippen LogP contribution >= 0.6 is 0 Å². The fourth-order valence-corrected chi connectivity index (χ4v) is 3.72. The first kappa shape index (κ1) is 16.8. The largest absolute Gasteiger partial charge is 0.484 e. The van der Waals surface area contributed by atoms with E-state index in [1.54, 1.807) is 0 Å². The number of pyridine rings is 1. The summed E-state index contributed by atoms with van der Waals surface area (Å²) in [6.07, 6.45) is 6.27. The second-order valence-corrected chi connectivity index (χ2v) is 6.98. The van der Waals surface area contributed by atoms with Crippen molar-refractivity contribution in [2.24, 2.45) is 0 Å². The van der Waals surface area contributed by atoms with Crippen molar-refractivity contribution >= 4 is 22.5 Å². The third-order valence-electron chi connectivity index (χ3n) is 5.12. The fourth-order valence-electron chi connectivity index (χ4n) is 3.72.